The molecular weight excluding hydrogens is 379 g/mol. The number of rotatable bonds is 4. The van der Waals surface area contributed by atoms with Gasteiger partial charge >= 0.3 is 0 Å². The number of methoxy groups -OCH3 is 1. The van der Waals surface area contributed by atoms with Crippen molar-refractivity contribution >= 4 is 35.6 Å². The largest absolute Gasteiger partial charge is 0.497 e. The number of guanidine groups is 1. The lowest BCUT2D eigenvalue weighted by Crippen LogP contribution is -2.22. The Kier molecular flexibility index (Phi) is 6.93. The number of hydrogen-bond donors (Lipinski definition) is 2. The summed E-state index contributed by atoms with van der Waals surface area (Å²) in [6.45, 7) is 2.50. The van der Waals surface area contributed by atoms with E-state index in [1.54, 1.807) is 13.3 Å². The highest BCUT2D eigenvalue weighted by molar-refractivity contribution is 14.0. The third-order valence-electron chi connectivity index (χ3n) is 2.73. The van der Waals surface area contributed by atoms with E-state index in [4.69, 9.17) is 10.5 Å². The van der Waals surface area contributed by atoms with E-state index in [0.29, 0.717) is 12.5 Å². The lowest BCUT2D eigenvalue weighted by atomic mass is 10.2. The van der Waals surface area contributed by atoms with Crippen LogP contribution in [0.1, 0.15) is 11.1 Å². The van der Waals surface area contributed by atoms with Gasteiger partial charge in [-0.3, -0.25) is 4.98 Å². The molecule has 0 spiro atoms. The molecule has 0 saturated carbocycles. The second-order valence-corrected chi connectivity index (χ2v) is 4.43. The van der Waals surface area contributed by atoms with Gasteiger partial charge in [0.15, 0.2) is 5.96 Å². The Bertz CT molecular complexity index is 599. The molecule has 2 rings (SSSR count). The van der Waals surface area contributed by atoms with Crippen molar-refractivity contribution < 1.29 is 4.74 Å². The van der Waals surface area contributed by atoms with Gasteiger partial charge < -0.3 is 15.8 Å². The van der Waals surface area contributed by atoms with Crippen molar-refractivity contribution in [3.05, 3.63) is 53.9 Å². The molecule has 1 aromatic heterocycles. The van der Waals surface area contributed by atoms with Crippen LogP contribution in [0.15, 0.2) is 47.7 Å². The Balaban J connectivity index is 0.00000220. The van der Waals surface area contributed by atoms with Crippen molar-refractivity contribution in [3.8, 4) is 5.75 Å². The van der Waals surface area contributed by atoms with Gasteiger partial charge in [-0.1, -0.05) is 6.07 Å². The van der Waals surface area contributed by atoms with Crippen molar-refractivity contribution in [1.82, 2.24) is 4.98 Å². The van der Waals surface area contributed by atoms with Gasteiger partial charge in [-0.15, -0.1) is 24.0 Å². The maximum atomic E-state index is 5.85. The van der Waals surface area contributed by atoms with Crippen molar-refractivity contribution in [1.29, 1.82) is 0 Å². The smallest absolute Gasteiger partial charge is 0.193 e. The summed E-state index contributed by atoms with van der Waals surface area (Å²) < 4.78 is 5.09. The number of anilines is 1. The molecule has 0 unspecified atom stereocenters. The monoisotopic (exact) mass is 398 g/mol. The first-order valence-electron chi connectivity index (χ1n) is 6.29. The van der Waals surface area contributed by atoms with E-state index >= 15 is 0 Å². The highest BCUT2D eigenvalue weighted by Gasteiger charge is 1.97. The van der Waals surface area contributed by atoms with Gasteiger partial charge in [-0.05, 0) is 42.3 Å². The number of benzene rings is 1. The van der Waals surface area contributed by atoms with Crippen molar-refractivity contribution in [2.45, 2.75) is 13.5 Å². The third kappa shape index (κ3) is 5.58. The predicted molar refractivity (Wildman–Crippen MR) is 96.3 cm³/mol. The minimum absolute atomic E-state index is 0. The lowest BCUT2D eigenvalue weighted by Gasteiger charge is -2.06. The van der Waals surface area contributed by atoms with E-state index < -0.39 is 0 Å². The zero-order valence-corrected chi connectivity index (χ0v) is 14.4. The quantitative estimate of drug-likeness (QED) is 0.472. The number of aliphatic imine (C=N–C) groups is 1. The Morgan fingerprint density at radius 2 is 2.00 bits per heavy atom. The van der Waals surface area contributed by atoms with Gasteiger partial charge in [0.05, 0.1) is 13.7 Å². The van der Waals surface area contributed by atoms with Crippen LogP contribution < -0.4 is 15.8 Å². The summed E-state index contributed by atoms with van der Waals surface area (Å²) >= 11 is 0. The van der Waals surface area contributed by atoms with Crippen LogP contribution in [-0.4, -0.2) is 18.1 Å². The summed E-state index contributed by atoms with van der Waals surface area (Å²) in [4.78, 5) is 8.41. The zero-order chi connectivity index (χ0) is 14.4. The standard InChI is InChI=1S/C15H18N4O.HI/c1-11-7-12(9-17-8-11)10-18-15(16)19-13-3-5-14(20-2)6-4-13;/h3-9H,10H2,1-2H3,(H3,16,18,19);1H. The average Bonchev–Trinajstić information content (AvgIpc) is 2.46. The third-order valence-corrected chi connectivity index (χ3v) is 2.73. The Morgan fingerprint density at radius 1 is 1.29 bits per heavy atom. The van der Waals surface area contributed by atoms with Crippen LogP contribution >= 0.6 is 24.0 Å². The first-order valence-corrected chi connectivity index (χ1v) is 6.29. The van der Waals surface area contributed by atoms with Crippen molar-refractivity contribution in [2.75, 3.05) is 12.4 Å². The fraction of sp³-hybridized carbons (Fsp3) is 0.200. The van der Waals surface area contributed by atoms with Crippen LogP contribution in [0.5, 0.6) is 5.75 Å². The van der Waals surface area contributed by atoms with Crippen molar-refractivity contribution in [2.24, 2.45) is 10.7 Å². The van der Waals surface area contributed by atoms with Gasteiger partial charge in [0, 0.05) is 18.1 Å². The Hall–Kier alpha value is -1.83. The second kappa shape index (κ2) is 8.46. The molecule has 0 aliphatic heterocycles. The predicted octanol–water partition coefficient (Wildman–Crippen LogP) is 2.94. The fourth-order valence-corrected chi connectivity index (χ4v) is 1.74. The normalized spacial score (nSPS) is 10.7. The van der Waals surface area contributed by atoms with Gasteiger partial charge in [0.1, 0.15) is 5.75 Å². The molecule has 21 heavy (non-hydrogen) atoms. The van der Waals surface area contributed by atoms with E-state index in [1.165, 1.54) is 0 Å². The fourth-order valence-electron chi connectivity index (χ4n) is 1.74. The highest BCUT2D eigenvalue weighted by Crippen LogP contribution is 2.14. The first kappa shape index (κ1) is 17.2. The molecule has 0 amide bonds. The molecule has 0 radical (unpaired) electrons. The number of nitrogens with one attached hydrogen (secondary N) is 1. The number of hydrogen-bond acceptors (Lipinski definition) is 3. The van der Waals surface area contributed by atoms with Gasteiger partial charge in [-0.25, -0.2) is 4.99 Å². The minimum Gasteiger partial charge on any atom is -0.497 e. The maximum absolute atomic E-state index is 5.85. The van der Waals surface area contributed by atoms with E-state index in [-0.39, 0.29) is 24.0 Å². The van der Waals surface area contributed by atoms with Crippen LogP contribution in [-0.2, 0) is 6.54 Å². The van der Waals surface area contributed by atoms with Crippen LogP contribution in [0.4, 0.5) is 5.69 Å². The molecule has 0 bridgehead atoms. The molecule has 3 N–H and O–H groups in total. The van der Waals surface area contributed by atoms with Crippen LogP contribution in [0.25, 0.3) is 0 Å². The number of nitrogens with zero attached hydrogens (tertiary/aromatic N) is 2. The van der Waals surface area contributed by atoms with Gasteiger partial charge in [0.2, 0.25) is 0 Å². The number of ether oxygens (including phenoxy) is 1. The number of aryl methyl sites for hydroxylation is 1. The molecule has 6 heteroatoms. The molecule has 1 heterocycles. The number of pyridine rings is 1. The maximum Gasteiger partial charge on any atom is 0.193 e. The minimum atomic E-state index is 0. The lowest BCUT2D eigenvalue weighted by molar-refractivity contribution is 0.415. The SMILES string of the molecule is COc1ccc(NC(N)=NCc2cncc(C)c2)cc1.I. The molecule has 5 nitrogen and oxygen atoms in total. The van der Waals surface area contributed by atoms with Crippen LogP contribution in [0, 0.1) is 6.92 Å². The molecule has 0 aliphatic carbocycles. The highest BCUT2D eigenvalue weighted by atomic mass is 127. The van der Waals surface area contributed by atoms with E-state index in [0.717, 1.165) is 22.6 Å². The van der Waals surface area contributed by atoms with Crippen LogP contribution in [0.3, 0.4) is 0 Å². The van der Waals surface area contributed by atoms with Gasteiger partial charge in [0.25, 0.3) is 0 Å². The molecule has 0 aliphatic rings. The van der Waals surface area contributed by atoms with Gasteiger partial charge in [-0.2, -0.15) is 0 Å². The second-order valence-electron chi connectivity index (χ2n) is 4.43. The van der Waals surface area contributed by atoms with E-state index in [2.05, 4.69) is 15.3 Å². The molecule has 0 saturated heterocycles. The number of aromatic nitrogens is 1. The summed E-state index contributed by atoms with van der Waals surface area (Å²) in [5.41, 5.74) is 8.86. The van der Waals surface area contributed by atoms with E-state index in [1.807, 2.05) is 43.5 Å². The average molecular weight is 398 g/mol. The molecule has 2 aromatic rings. The molecule has 0 atom stereocenters. The molecule has 1 aromatic carbocycles. The number of halogens is 1. The summed E-state index contributed by atoms with van der Waals surface area (Å²) in [7, 11) is 1.63. The topological polar surface area (TPSA) is 72.5 Å². The first-order chi connectivity index (χ1) is 9.67. The molecular formula is C15H19IN4O. The summed E-state index contributed by atoms with van der Waals surface area (Å²) in [5.74, 6) is 1.17. The number of nitrogens with two attached hydrogens (primary N) is 1. The Labute approximate surface area is 141 Å². The van der Waals surface area contributed by atoms with Crippen LogP contribution in [0.2, 0.25) is 0 Å². The summed E-state index contributed by atoms with van der Waals surface area (Å²) in [6, 6.07) is 9.53. The Morgan fingerprint density at radius 3 is 2.62 bits per heavy atom. The van der Waals surface area contributed by atoms with Crippen molar-refractivity contribution in [3.63, 3.8) is 0 Å². The molecule has 0 fully saturated rings. The van der Waals surface area contributed by atoms with E-state index in [9.17, 15) is 0 Å². The summed E-state index contributed by atoms with van der Waals surface area (Å²) in [5, 5.41) is 3.03. The molecule has 112 valence electrons. The summed E-state index contributed by atoms with van der Waals surface area (Å²) in [6.07, 6.45) is 3.60. The zero-order valence-electron chi connectivity index (χ0n) is 12.0.